The number of carbonyl (C=O) groups excluding carboxylic acids is 1. The first-order chi connectivity index (χ1) is 11.7. The van der Waals surface area contributed by atoms with E-state index in [2.05, 4.69) is 20.1 Å². The third-order valence-corrected chi connectivity index (χ3v) is 3.90. The third-order valence-electron chi connectivity index (χ3n) is 3.90. The molecule has 4 rings (SSSR count). The Labute approximate surface area is 136 Å². The standard InChI is InChI=1S/C16H13N5O3/c22-14-11(4-3-7-18-14)16(23)21-8-10(9-21)15-19-13(20-24-15)12-5-1-2-6-17-12/h1-7,10H,8-9H2,(H,18,22). The first-order valence-corrected chi connectivity index (χ1v) is 7.44. The van der Waals surface area contributed by atoms with Gasteiger partial charge in [0, 0.05) is 25.5 Å². The van der Waals surface area contributed by atoms with Crippen LogP contribution in [0.5, 0.6) is 0 Å². The number of amides is 1. The maximum Gasteiger partial charge on any atom is 0.260 e. The average Bonchev–Trinajstić information content (AvgIpc) is 3.04. The van der Waals surface area contributed by atoms with E-state index in [4.69, 9.17) is 4.52 Å². The maximum atomic E-state index is 12.3. The van der Waals surface area contributed by atoms with Crippen molar-refractivity contribution in [2.45, 2.75) is 5.92 Å². The number of aromatic nitrogens is 4. The van der Waals surface area contributed by atoms with Gasteiger partial charge in [0.15, 0.2) is 0 Å². The Balaban J connectivity index is 1.45. The molecule has 0 spiro atoms. The van der Waals surface area contributed by atoms with Crippen LogP contribution in [0.15, 0.2) is 52.0 Å². The van der Waals surface area contributed by atoms with Crippen LogP contribution in [0.1, 0.15) is 22.2 Å². The summed E-state index contributed by atoms with van der Waals surface area (Å²) in [6, 6.07) is 8.60. The second-order valence-corrected chi connectivity index (χ2v) is 5.49. The van der Waals surface area contributed by atoms with Gasteiger partial charge in [0.1, 0.15) is 11.3 Å². The van der Waals surface area contributed by atoms with Crippen LogP contribution in [0.2, 0.25) is 0 Å². The fourth-order valence-electron chi connectivity index (χ4n) is 2.56. The summed E-state index contributed by atoms with van der Waals surface area (Å²) in [5, 5.41) is 3.92. The van der Waals surface area contributed by atoms with Crippen molar-refractivity contribution in [1.82, 2.24) is 25.0 Å². The average molecular weight is 323 g/mol. The molecule has 120 valence electrons. The molecule has 0 saturated carbocycles. The highest BCUT2D eigenvalue weighted by atomic mass is 16.5. The Morgan fingerprint density at radius 1 is 1.25 bits per heavy atom. The topological polar surface area (TPSA) is 105 Å². The molecular weight excluding hydrogens is 310 g/mol. The highest BCUT2D eigenvalue weighted by Crippen LogP contribution is 2.28. The van der Waals surface area contributed by atoms with E-state index < -0.39 is 0 Å². The largest absolute Gasteiger partial charge is 0.338 e. The second kappa shape index (κ2) is 5.73. The lowest BCUT2D eigenvalue weighted by Gasteiger charge is -2.36. The van der Waals surface area contributed by atoms with Gasteiger partial charge in [-0.15, -0.1) is 0 Å². The number of hydrogen-bond acceptors (Lipinski definition) is 6. The minimum atomic E-state index is -0.388. The summed E-state index contributed by atoms with van der Waals surface area (Å²) in [5.41, 5.74) is 0.382. The number of nitrogens with zero attached hydrogens (tertiary/aromatic N) is 4. The molecule has 3 aromatic heterocycles. The molecule has 8 heteroatoms. The molecule has 1 aliphatic heterocycles. The Hall–Kier alpha value is -3.29. The molecule has 0 radical (unpaired) electrons. The second-order valence-electron chi connectivity index (χ2n) is 5.49. The highest BCUT2D eigenvalue weighted by Gasteiger charge is 2.36. The zero-order valence-corrected chi connectivity index (χ0v) is 12.5. The van der Waals surface area contributed by atoms with E-state index >= 15 is 0 Å². The van der Waals surface area contributed by atoms with Crippen molar-refractivity contribution in [1.29, 1.82) is 0 Å². The van der Waals surface area contributed by atoms with E-state index in [1.54, 1.807) is 23.2 Å². The summed E-state index contributed by atoms with van der Waals surface area (Å²) in [5.74, 6) is 0.579. The first kappa shape index (κ1) is 14.3. The lowest BCUT2D eigenvalue weighted by Crippen LogP contribution is -2.49. The number of rotatable bonds is 3. The number of hydrogen-bond donors (Lipinski definition) is 1. The first-order valence-electron chi connectivity index (χ1n) is 7.44. The number of carbonyl (C=O) groups is 1. The van der Waals surface area contributed by atoms with Crippen molar-refractivity contribution in [3.05, 3.63) is 64.5 Å². The molecule has 1 amide bonds. The van der Waals surface area contributed by atoms with E-state index in [0.717, 1.165) is 0 Å². The fourth-order valence-corrected chi connectivity index (χ4v) is 2.56. The molecule has 3 aromatic rings. The molecule has 0 aliphatic carbocycles. The predicted octanol–water partition coefficient (Wildman–Crippen LogP) is 1.06. The molecule has 1 saturated heterocycles. The summed E-state index contributed by atoms with van der Waals surface area (Å²) >= 11 is 0. The van der Waals surface area contributed by atoms with Crippen molar-refractivity contribution in [3.63, 3.8) is 0 Å². The van der Waals surface area contributed by atoms with E-state index in [0.29, 0.717) is 30.5 Å². The van der Waals surface area contributed by atoms with Crippen LogP contribution >= 0.6 is 0 Å². The quantitative estimate of drug-likeness (QED) is 0.772. The van der Waals surface area contributed by atoms with Gasteiger partial charge in [-0.1, -0.05) is 11.2 Å². The van der Waals surface area contributed by atoms with Crippen LogP contribution in [0.4, 0.5) is 0 Å². The molecule has 0 atom stereocenters. The zero-order chi connectivity index (χ0) is 16.5. The van der Waals surface area contributed by atoms with Gasteiger partial charge >= 0.3 is 0 Å². The van der Waals surface area contributed by atoms with Gasteiger partial charge in [-0.2, -0.15) is 4.98 Å². The van der Waals surface area contributed by atoms with Gasteiger partial charge < -0.3 is 14.4 Å². The van der Waals surface area contributed by atoms with Crippen LogP contribution < -0.4 is 5.56 Å². The lowest BCUT2D eigenvalue weighted by molar-refractivity contribution is 0.0567. The van der Waals surface area contributed by atoms with Crippen LogP contribution in [0.25, 0.3) is 11.5 Å². The number of pyridine rings is 2. The van der Waals surface area contributed by atoms with Crippen molar-refractivity contribution in [2.24, 2.45) is 0 Å². The molecule has 24 heavy (non-hydrogen) atoms. The van der Waals surface area contributed by atoms with Crippen molar-refractivity contribution < 1.29 is 9.32 Å². The fraction of sp³-hybridized carbons (Fsp3) is 0.188. The Bertz CT molecular complexity index is 928. The molecule has 4 heterocycles. The van der Waals surface area contributed by atoms with Gasteiger partial charge in [0.05, 0.1) is 5.92 Å². The van der Waals surface area contributed by atoms with E-state index in [1.165, 1.54) is 12.3 Å². The molecule has 0 aromatic carbocycles. The minimum absolute atomic E-state index is 0.0262. The van der Waals surface area contributed by atoms with Crippen molar-refractivity contribution >= 4 is 5.91 Å². The monoisotopic (exact) mass is 323 g/mol. The summed E-state index contributed by atoms with van der Waals surface area (Å²) in [7, 11) is 0. The predicted molar refractivity (Wildman–Crippen MR) is 83.2 cm³/mol. The SMILES string of the molecule is O=C(c1ccc[nH]c1=O)N1CC(c2nc(-c3ccccn3)no2)C1. The van der Waals surface area contributed by atoms with Gasteiger partial charge in [0.2, 0.25) is 11.7 Å². The maximum absolute atomic E-state index is 12.3. The molecular formula is C16H13N5O3. The third kappa shape index (κ3) is 2.47. The van der Waals surface area contributed by atoms with Gasteiger partial charge in [0.25, 0.3) is 11.5 Å². The Kier molecular flexibility index (Phi) is 3.42. The van der Waals surface area contributed by atoms with Crippen LogP contribution in [0, 0.1) is 0 Å². The molecule has 0 bridgehead atoms. The van der Waals surface area contributed by atoms with Crippen LogP contribution in [0.3, 0.4) is 0 Å². The van der Waals surface area contributed by atoms with Crippen molar-refractivity contribution in [2.75, 3.05) is 13.1 Å². The van der Waals surface area contributed by atoms with Crippen molar-refractivity contribution in [3.8, 4) is 11.5 Å². The normalized spacial score (nSPS) is 14.4. The lowest BCUT2D eigenvalue weighted by atomic mass is 9.99. The van der Waals surface area contributed by atoms with E-state index in [1.807, 2.05) is 12.1 Å². The van der Waals surface area contributed by atoms with Gasteiger partial charge in [-0.05, 0) is 24.3 Å². The Morgan fingerprint density at radius 3 is 2.88 bits per heavy atom. The summed E-state index contributed by atoms with van der Waals surface area (Å²) in [4.78, 5) is 36.5. The smallest absolute Gasteiger partial charge is 0.260 e. The number of aromatic amines is 1. The summed E-state index contributed by atoms with van der Waals surface area (Å²) in [6.45, 7) is 0.883. The van der Waals surface area contributed by atoms with Crippen LogP contribution in [-0.2, 0) is 0 Å². The molecule has 1 N–H and O–H groups in total. The number of H-pyrrole nitrogens is 1. The zero-order valence-electron chi connectivity index (χ0n) is 12.5. The summed E-state index contributed by atoms with van der Waals surface area (Å²) in [6.07, 6.45) is 3.15. The Morgan fingerprint density at radius 2 is 2.12 bits per heavy atom. The highest BCUT2D eigenvalue weighted by molar-refractivity contribution is 5.94. The minimum Gasteiger partial charge on any atom is -0.338 e. The van der Waals surface area contributed by atoms with Gasteiger partial charge in [-0.25, -0.2) is 0 Å². The molecule has 8 nitrogen and oxygen atoms in total. The summed E-state index contributed by atoms with van der Waals surface area (Å²) < 4.78 is 5.27. The van der Waals surface area contributed by atoms with E-state index in [-0.39, 0.29) is 22.9 Å². The van der Waals surface area contributed by atoms with Crippen LogP contribution in [-0.4, -0.2) is 44.0 Å². The van der Waals surface area contributed by atoms with E-state index in [9.17, 15) is 9.59 Å². The number of likely N-dealkylation sites (tertiary alicyclic amines) is 1. The number of nitrogens with one attached hydrogen (secondary N) is 1. The van der Waals surface area contributed by atoms with Gasteiger partial charge in [-0.3, -0.25) is 14.6 Å². The molecule has 0 unspecified atom stereocenters. The molecule has 1 aliphatic rings. The molecule has 1 fully saturated rings.